The number of anilines is 1. The predicted octanol–water partition coefficient (Wildman–Crippen LogP) is 3.85. The second-order valence-electron chi connectivity index (χ2n) is 5.68. The summed E-state index contributed by atoms with van der Waals surface area (Å²) >= 11 is 0. The van der Waals surface area contributed by atoms with Crippen molar-refractivity contribution in [2.45, 2.75) is 20.0 Å². The number of carbonyl (C=O) groups excluding carboxylic acids is 1. The van der Waals surface area contributed by atoms with Crippen LogP contribution in [0.15, 0.2) is 54.1 Å². The zero-order valence-electron chi connectivity index (χ0n) is 13.5. The van der Waals surface area contributed by atoms with Crippen molar-refractivity contribution < 1.29 is 9.90 Å². The molecule has 1 aliphatic carbocycles. The minimum absolute atomic E-state index is 0.0825. The monoisotopic (exact) mass is 307 g/mol. The second kappa shape index (κ2) is 6.39. The summed E-state index contributed by atoms with van der Waals surface area (Å²) in [7, 11) is 0. The summed E-state index contributed by atoms with van der Waals surface area (Å²) in [6, 6.07) is 15.3. The third-order valence-electron chi connectivity index (χ3n) is 4.40. The van der Waals surface area contributed by atoms with Crippen molar-refractivity contribution in [1.29, 1.82) is 0 Å². The van der Waals surface area contributed by atoms with Gasteiger partial charge in [0.05, 0.1) is 0 Å². The summed E-state index contributed by atoms with van der Waals surface area (Å²) < 4.78 is 0. The molecule has 2 aromatic carbocycles. The summed E-state index contributed by atoms with van der Waals surface area (Å²) in [6.45, 7) is 6.18. The van der Waals surface area contributed by atoms with Crippen LogP contribution in [0.25, 0.3) is 6.08 Å². The molecule has 1 atom stereocenters. The van der Waals surface area contributed by atoms with E-state index in [1.54, 1.807) is 12.1 Å². The Kier molecular flexibility index (Phi) is 4.30. The molecule has 0 spiro atoms. The van der Waals surface area contributed by atoms with Crippen LogP contribution in [0.4, 0.5) is 5.69 Å². The van der Waals surface area contributed by atoms with Crippen molar-refractivity contribution in [3.05, 3.63) is 70.8 Å². The average molecular weight is 307 g/mol. The lowest BCUT2D eigenvalue weighted by Crippen LogP contribution is -2.21. The summed E-state index contributed by atoms with van der Waals surface area (Å²) in [4.78, 5) is 14.7. The molecule has 1 unspecified atom stereocenters. The number of fused-ring (bicyclic) bond motifs is 1. The first-order valence-electron chi connectivity index (χ1n) is 8.04. The van der Waals surface area contributed by atoms with E-state index in [0.717, 1.165) is 18.7 Å². The third kappa shape index (κ3) is 2.80. The smallest absolute Gasteiger partial charge is 0.192 e. The number of nitrogens with zero attached hydrogens (tertiary/aromatic N) is 1. The van der Waals surface area contributed by atoms with E-state index in [-0.39, 0.29) is 5.78 Å². The number of carbonyl (C=O) groups is 1. The fraction of sp³-hybridized carbons (Fsp3) is 0.250. The van der Waals surface area contributed by atoms with Crippen molar-refractivity contribution in [2.24, 2.45) is 0 Å². The summed E-state index contributed by atoms with van der Waals surface area (Å²) in [5.41, 5.74) is 3.84. The molecule has 118 valence electrons. The molecule has 0 heterocycles. The molecule has 0 fully saturated rings. The van der Waals surface area contributed by atoms with Gasteiger partial charge in [0.1, 0.15) is 6.10 Å². The van der Waals surface area contributed by atoms with Crippen molar-refractivity contribution in [1.82, 2.24) is 0 Å². The molecule has 0 aliphatic heterocycles. The standard InChI is InChI=1S/C20H21NO2/c1-3-21(4-2)15-11-9-14(10-12-15)13-18-19(22)16-7-5-6-8-17(16)20(18)23/h5-13,19,22H,3-4H2,1-2H3/b18-13-. The van der Waals surface area contributed by atoms with Crippen molar-refractivity contribution in [3.63, 3.8) is 0 Å². The molecule has 23 heavy (non-hydrogen) atoms. The average Bonchev–Trinajstić information content (AvgIpc) is 2.83. The van der Waals surface area contributed by atoms with Crippen molar-refractivity contribution in [3.8, 4) is 0 Å². The van der Waals surface area contributed by atoms with Crippen LogP contribution < -0.4 is 4.90 Å². The van der Waals surface area contributed by atoms with Crippen LogP contribution >= 0.6 is 0 Å². The van der Waals surface area contributed by atoms with Crippen LogP contribution in [0, 0.1) is 0 Å². The molecular formula is C20H21NO2. The van der Waals surface area contributed by atoms with E-state index in [2.05, 4.69) is 30.9 Å². The van der Waals surface area contributed by atoms with Gasteiger partial charge in [-0.25, -0.2) is 0 Å². The number of ketones is 1. The maximum atomic E-state index is 12.4. The number of benzene rings is 2. The Hall–Kier alpha value is -2.39. The van der Waals surface area contributed by atoms with E-state index in [1.807, 2.05) is 30.3 Å². The maximum Gasteiger partial charge on any atom is 0.192 e. The van der Waals surface area contributed by atoms with Gasteiger partial charge in [-0.1, -0.05) is 36.4 Å². The van der Waals surface area contributed by atoms with Crippen LogP contribution in [0.2, 0.25) is 0 Å². The van der Waals surface area contributed by atoms with Gasteiger partial charge in [-0.2, -0.15) is 0 Å². The third-order valence-corrected chi connectivity index (χ3v) is 4.40. The van der Waals surface area contributed by atoms with Crippen molar-refractivity contribution >= 4 is 17.5 Å². The lowest BCUT2D eigenvalue weighted by atomic mass is 10.1. The van der Waals surface area contributed by atoms with E-state index in [1.165, 1.54) is 5.69 Å². The molecule has 0 bridgehead atoms. The number of rotatable bonds is 4. The first-order valence-corrected chi connectivity index (χ1v) is 8.04. The number of hydrogen-bond donors (Lipinski definition) is 1. The van der Waals surface area contributed by atoms with Gasteiger partial charge < -0.3 is 10.0 Å². The van der Waals surface area contributed by atoms with Gasteiger partial charge in [0.25, 0.3) is 0 Å². The Morgan fingerprint density at radius 3 is 2.30 bits per heavy atom. The highest BCUT2D eigenvalue weighted by molar-refractivity contribution is 6.16. The number of aliphatic hydroxyl groups excluding tert-OH is 1. The Labute approximate surface area is 136 Å². The van der Waals surface area contributed by atoms with E-state index >= 15 is 0 Å². The highest BCUT2D eigenvalue weighted by atomic mass is 16.3. The van der Waals surface area contributed by atoms with Crippen LogP contribution in [0.1, 0.15) is 41.4 Å². The summed E-state index contributed by atoms with van der Waals surface area (Å²) in [5, 5.41) is 10.4. The molecule has 1 aliphatic rings. The second-order valence-corrected chi connectivity index (χ2v) is 5.68. The Balaban J connectivity index is 1.90. The molecule has 3 heteroatoms. The SMILES string of the molecule is CCN(CC)c1ccc(/C=C2\C(=O)c3ccccc3C2O)cc1. The first-order chi connectivity index (χ1) is 11.2. The number of aliphatic hydroxyl groups is 1. The van der Waals surface area contributed by atoms with Gasteiger partial charge in [0.15, 0.2) is 5.78 Å². The minimum atomic E-state index is -0.832. The van der Waals surface area contributed by atoms with Gasteiger partial charge in [-0.3, -0.25) is 4.79 Å². The van der Waals surface area contributed by atoms with Crippen LogP contribution in [0.5, 0.6) is 0 Å². The topological polar surface area (TPSA) is 40.5 Å². The zero-order valence-corrected chi connectivity index (χ0v) is 13.5. The molecule has 0 saturated carbocycles. The summed E-state index contributed by atoms with van der Waals surface area (Å²) in [5.74, 6) is -0.0825. The van der Waals surface area contributed by atoms with E-state index in [4.69, 9.17) is 0 Å². The highest BCUT2D eigenvalue weighted by Gasteiger charge is 2.32. The maximum absolute atomic E-state index is 12.4. The lowest BCUT2D eigenvalue weighted by molar-refractivity contribution is 0.102. The quantitative estimate of drug-likeness (QED) is 0.872. The van der Waals surface area contributed by atoms with Gasteiger partial charge in [0.2, 0.25) is 0 Å². The molecule has 3 rings (SSSR count). The van der Waals surface area contributed by atoms with Crippen LogP contribution in [-0.2, 0) is 0 Å². The largest absolute Gasteiger partial charge is 0.383 e. The molecule has 2 aromatic rings. The van der Waals surface area contributed by atoms with Crippen LogP contribution in [-0.4, -0.2) is 24.0 Å². The summed E-state index contributed by atoms with van der Waals surface area (Å²) in [6.07, 6.45) is 0.958. The van der Waals surface area contributed by atoms with Gasteiger partial charge in [0, 0.05) is 29.9 Å². The number of Topliss-reactive ketones (excluding diaryl/α,β-unsaturated/α-hetero) is 1. The fourth-order valence-corrected chi connectivity index (χ4v) is 3.08. The van der Waals surface area contributed by atoms with E-state index in [9.17, 15) is 9.90 Å². The first kappa shape index (κ1) is 15.5. The normalized spacial score (nSPS) is 18.3. The molecule has 0 radical (unpaired) electrons. The molecule has 0 saturated heterocycles. The lowest BCUT2D eigenvalue weighted by Gasteiger charge is -2.20. The van der Waals surface area contributed by atoms with Gasteiger partial charge >= 0.3 is 0 Å². The molecule has 0 aromatic heterocycles. The van der Waals surface area contributed by atoms with Gasteiger partial charge in [-0.15, -0.1) is 0 Å². The van der Waals surface area contributed by atoms with Crippen LogP contribution in [0.3, 0.4) is 0 Å². The van der Waals surface area contributed by atoms with Crippen molar-refractivity contribution in [2.75, 3.05) is 18.0 Å². The Bertz CT molecular complexity index is 742. The minimum Gasteiger partial charge on any atom is -0.383 e. The highest BCUT2D eigenvalue weighted by Crippen LogP contribution is 2.36. The molecule has 3 nitrogen and oxygen atoms in total. The Morgan fingerprint density at radius 1 is 1.04 bits per heavy atom. The molecular weight excluding hydrogens is 286 g/mol. The molecule has 1 N–H and O–H groups in total. The van der Waals surface area contributed by atoms with Gasteiger partial charge in [-0.05, 0) is 43.2 Å². The van der Waals surface area contributed by atoms with E-state index < -0.39 is 6.10 Å². The molecule has 0 amide bonds. The Morgan fingerprint density at radius 2 is 1.70 bits per heavy atom. The zero-order chi connectivity index (χ0) is 16.4. The fourth-order valence-electron chi connectivity index (χ4n) is 3.08. The number of hydrogen-bond acceptors (Lipinski definition) is 3. The predicted molar refractivity (Wildman–Crippen MR) is 93.7 cm³/mol. The van der Waals surface area contributed by atoms with E-state index in [0.29, 0.717) is 16.7 Å².